The molecule has 7 heteroatoms. The molecule has 0 bridgehead atoms. The fraction of sp³-hybridized carbons (Fsp3) is 0.167. The van der Waals surface area contributed by atoms with Gasteiger partial charge in [-0.15, -0.1) is 13.2 Å². The first kappa shape index (κ1) is 14.0. The van der Waals surface area contributed by atoms with Crippen LogP contribution in [0.1, 0.15) is 17.4 Å². The molecule has 0 amide bonds. The van der Waals surface area contributed by atoms with Crippen LogP contribution in [0.4, 0.5) is 13.2 Å². The molecule has 102 valence electrons. The highest BCUT2D eigenvalue weighted by atomic mass is 79.9. The Hall–Kier alpha value is -1.47. The second-order valence-electron chi connectivity index (χ2n) is 3.66. The molecule has 1 N–H and O–H groups in total. The van der Waals surface area contributed by atoms with Crippen LogP contribution in [0.5, 0.6) is 5.75 Å². The predicted octanol–water partition coefficient (Wildman–Crippen LogP) is 4.02. The van der Waals surface area contributed by atoms with Crippen LogP contribution in [-0.2, 0) is 0 Å². The molecule has 0 aliphatic heterocycles. The molecule has 1 atom stereocenters. The van der Waals surface area contributed by atoms with Crippen molar-refractivity contribution in [3.05, 3.63) is 52.4 Å². The zero-order valence-corrected chi connectivity index (χ0v) is 10.9. The van der Waals surface area contributed by atoms with Crippen LogP contribution in [0, 0.1) is 0 Å². The summed E-state index contributed by atoms with van der Waals surface area (Å²) >= 11 is 3.17. The topological polar surface area (TPSA) is 42.6 Å². The standard InChI is InChI=1S/C12H8BrF3O3/c13-9-4-5-18-11(9)10(17)7-2-1-3-8(6-7)19-12(14,15)16/h1-6,10,17H. The molecule has 19 heavy (non-hydrogen) atoms. The SMILES string of the molecule is OC(c1cccc(OC(F)(F)F)c1)c1occc1Br. The Morgan fingerprint density at radius 2 is 2.00 bits per heavy atom. The van der Waals surface area contributed by atoms with Gasteiger partial charge < -0.3 is 14.3 Å². The van der Waals surface area contributed by atoms with Crippen molar-refractivity contribution in [2.45, 2.75) is 12.5 Å². The molecule has 0 aliphatic rings. The first-order valence-electron chi connectivity index (χ1n) is 5.13. The number of alkyl halides is 3. The third kappa shape index (κ3) is 3.51. The van der Waals surface area contributed by atoms with E-state index in [4.69, 9.17) is 4.42 Å². The fourth-order valence-corrected chi connectivity index (χ4v) is 1.95. The third-order valence-electron chi connectivity index (χ3n) is 2.30. The van der Waals surface area contributed by atoms with Crippen LogP contribution >= 0.6 is 15.9 Å². The van der Waals surface area contributed by atoms with Gasteiger partial charge in [-0.05, 0) is 39.7 Å². The average molecular weight is 337 g/mol. The molecule has 0 spiro atoms. The van der Waals surface area contributed by atoms with Gasteiger partial charge >= 0.3 is 6.36 Å². The van der Waals surface area contributed by atoms with Crippen LogP contribution in [0.15, 0.2) is 45.5 Å². The maximum absolute atomic E-state index is 12.1. The van der Waals surface area contributed by atoms with E-state index in [0.29, 0.717) is 4.47 Å². The van der Waals surface area contributed by atoms with E-state index in [0.717, 1.165) is 12.1 Å². The first-order valence-corrected chi connectivity index (χ1v) is 5.93. The molecule has 2 rings (SSSR count). The number of benzene rings is 1. The van der Waals surface area contributed by atoms with E-state index in [-0.39, 0.29) is 11.3 Å². The maximum Gasteiger partial charge on any atom is 0.573 e. The zero-order chi connectivity index (χ0) is 14.0. The number of hydrogen-bond acceptors (Lipinski definition) is 3. The summed E-state index contributed by atoms with van der Waals surface area (Å²) in [7, 11) is 0. The molecule has 1 unspecified atom stereocenters. The average Bonchev–Trinajstić information content (AvgIpc) is 2.72. The summed E-state index contributed by atoms with van der Waals surface area (Å²) in [6.07, 6.45) is -4.59. The lowest BCUT2D eigenvalue weighted by Crippen LogP contribution is -2.17. The summed E-state index contributed by atoms with van der Waals surface area (Å²) in [4.78, 5) is 0. The van der Waals surface area contributed by atoms with Crippen molar-refractivity contribution < 1.29 is 27.4 Å². The van der Waals surface area contributed by atoms with E-state index < -0.39 is 18.2 Å². The van der Waals surface area contributed by atoms with Crippen molar-refractivity contribution in [1.82, 2.24) is 0 Å². The van der Waals surface area contributed by atoms with Gasteiger partial charge in [-0.3, -0.25) is 0 Å². The van der Waals surface area contributed by atoms with Crippen LogP contribution in [0.25, 0.3) is 0 Å². The molecule has 1 aromatic carbocycles. The summed E-state index contributed by atoms with van der Waals surface area (Å²) in [5.41, 5.74) is 0.234. The van der Waals surface area contributed by atoms with Crippen molar-refractivity contribution in [3.63, 3.8) is 0 Å². The summed E-state index contributed by atoms with van der Waals surface area (Å²) in [6.45, 7) is 0. The second kappa shape index (κ2) is 5.26. The molecule has 2 aromatic rings. The zero-order valence-electron chi connectivity index (χ0n) is 9.32. The lowest BCUT2D eigenvalue weighted by molar-refractivity contribution is -0.274. The molecule has 0 saturated heterocycles. The van der Waals surface area contributed by atoms with Gasteiger partial charge in [0.1, 0.15) is 11.9 Å². The van der Waals surface area contributed by atoms with E-state index in [1.165, 1.54) is 18.4 Å². The minimum atomic E-state index is -4.77. The molecular weight excluding hydrogens is 329 g/mol. The van der Waals surface area contributed by atoms with E-state index in [2.05, 4.69) is 20.7 Å². The Balaban J connectivity index is 2.26. The highest BCUT2D eigenvalue weighted by Crippen LogP contribution is 2.32. The molecule has 1 aromatic heterocycles. The minimum Gasteiger partial charge on any atom is -0.465 e. The molecule has 1 heterocycles. The van der Waals surface area contributed by atoms with E-state index in [9.17, 15) is 18.3 Å². The molecule has 0 aliphatic carbocycles. The molecule has 3 nitrogen and oxygen atoms in total. The van der Waals surface area contributed by atoms with Gasteiger partial charge in [-0.25, -0.2) is 0 Å². The van der Waals surface area contributed by atoms with Crippen molar-refractivity contribution in [2.24, 2.45) is 0 Å². The van der Waals surface area contributed by atoms with Gasteiger partial charge in [-0.2, -0.15) is 0 Å². The van der Waals surface area contributed by atoms with Gasteiger partial charge in [0.15, 0.2) is 5.76 Å². The number of aliphatic hydroxyl groups excluding tert-OH is 1. The van der Waals surface area contributed by atoms with Crippen LogP contribution < -0.4 is 4.74 Å². The fourth-order valence-electron chi connectivity index (χ4n) is 1.53. The smallest absolute Gasteiger partial charge is 0.465 e. The van der Waals surface area contributed by atoms with Gasteiger partial charge in [-0.1, -0.05) is 12.1 Å². The van der Waals surface area contributed by atoms with Crippen molar-refractivity contribution >= 4 is 15.9 Å². The number of hydrogen-bond donors (Lipinski definition) is 1. The van der Waals surface area contributed by atoms with Crippen LogP contribution in [0.3, 0.4) is 0 Å². The van der Waals surface area contributed by atoms with Gasteiger partial charge in [0.25, 0.3) is 0 Å². The Morgan fingerprint density at radius 1 is 1.26 bits per heavy atom. The first-order chi connectivity index (χ1) is 8.87. The van der Waals surface area contributed by atoms with Gasteiger partial charge in [0.2, 0.25) is 0 Å². The number of halogens is 4. The van der Waals surface area contributed by atoms with Crippen LogP contribution in [-0.4, -0.2) is 11.5 Å². The second-order valence-corrected chi connectivity index (χ2v) is 4.51. The Kier molecular flexibility index (Phi) is 3.86. The lowest BCUT2D eigenvalue weighted by atomic mass is 10.1. The predicted molar refractivity (Wildman–Crippen MR) is 63.6 cm³/mol. The number of aliphatic hydroxyl groups is 1. The highest BCUT2D eigenvalue weighted by molar-refractivity contribution is 9.10. The molecule has 0 fully saturated rings. The number of ether oxygens (including phenoxy) is 1. The largest absolute Gasteiger partial charge is 0.573 e. The molecule has 0 radical (unpaired) electrons. The van der Waals surface area contributed by atoms with E-state index in [1.54, 1.807) is 6.07 Å². The van der Waals surface area contributed by atoms with Crippen molar-refractivity contribution in [1.29, 1.82) is 0 Å². The lowest BCUT2D eigenvalue weighted by Gasteiger charge is -2.12. The van der Waals surface area contributed by atoms with Gasteiger partial charge in [0, 0.05) is 0 Å². The maximum atomic E-state index is 12.1. The summed E-state index contributed by atoms with van der Waals surface area (Å²) in [6, 6.07) is 6.67. The summed E-state index contributed by atoms with van der Waals surface area (Å²) in [5.74, 6) is -0.184. The number of rotatable bonds is 3. The summed E-state index contributed by atoms with van der Waals surface area (Å²) < 4.78 is 45.7. The number of furan rings is 1. The molecule has 0 saturated carbocycles. The van der Waals surface area contributed by atoms with Crippen LogP contribution in [0.2, 0.25) is 0 Å². The quantitative estimate of drug-likeness (QED) is 0.920. The van der Waals surface area contributed by atoms with E-state index in [1.807, 2.05) is 0 Å². The van der Waals surface area contributed by atoms with Crippen molar-refractivity contribution in [3.8, 4) is 5.75 Å². The third-order valence-corrected chi connectivity index (χ3v) is 2.96. The summed E-state index contributed by atoms with van der Waals surface area (Å²) in [5, 5.41) is 10.0. The monoisotopic (exact) mass is 336 g/mol. The van der Waals surface area contributed by atoms with E-state index >= 15 is 0 Å². The Labute approximate surface area is 114 Å². The Bertz CT molecular complexity index is 565. The molecular formula is C12H8BrF3O3. The normalized spacial score (nSPS) is 13.3. The Morgan fingerprint density at radius 3 is 2.58 bits per heavy atom. The highest BCUT2D eigenvalue weighted by Gasteiger charge is 2.31. The minimum absolute atomic E-state index is 0.212. The van der Waals surface area contributed by atoms with Crippen molar-refractivity contribution in [2.75, 3.05) is 0 Å². The van der Waals surface area contributed by atoms with Gasteiger partial charge in [0.05, 0.1) is 10.7 Å².